The van der Waals surface area contributed by atoms with Crippen molar-refractivity contribution >= 4 is 11.7 Å². The molecule has 1 N–H and O–H groups in total. The Hall–Kier alpha value is -2.11. The van der Waals surface area contributed by atoms with Gasteiger partial charge in [0.25, 0.3) is 5.69 Å². The van der Waals surface area contributed by atoms with E-state index in [2.05, 4.69) is 0 Å². The number of carbonyl (C=O) groups is 1. The third-order valence-electron chi connectivity index (χ3n) is 3.82. The fourth-order valence-electron chi connectivity index (χ4n) is 2.51. The summed E-state index contributed by atoms with van der Waals surface area (Å²) in [4.78, 5) is 22.0. The number of hydrogen-bond donors (Lipinski definition) is 1. The number of carboxylic acid groups (broad SMARTS) is 1. The summed E-state index contributed by atoms with van der Waals surface area (Å²) in [7, 11) is 0. The molecule has 0 fully saturated rings. The van der Waals surface area contributed by atoms with Crippen LogP contribution in [0.15, 0.2) is 0 Å². The number of ether oxygens (including phenoxy) is 1. The second-order valence-electron chi connectivity index (χ2n) is 5.10. The molecule has 6 nitrogen and oxygen atoms in total. The number of nitro groups is 1. The van der Waals surface area contributed by atoms with E-state index in [1.54, 1.807) is 20.8 Å². The van der Waals surface area contributed by atoms with E-state index in [1.807, 2.05) is 0 Å². The average Bonchev–Trinajstić information content (AvgIpc) is 2.66. The van der Waals surface area contributed by atoms with Gasteiger partial charge in [-0.2, -0.15) is 0 Å². The van der Waals surface area contributed by atoms with Crippen LogP contribution in [0.4, 0.5) is 5.69 Å². The molecule has 1 aliphatic rings. The topological polar surface area (TPSA) is 89.7 Å². The van der Waals surface area contributed by atoms with Crippen molar-refractivity contribution in [2.45, 2.75) is 39.7 Å². The lowest BCUT2D eigenvalue weighted by Gasteiger charge is -2.18. The molecule has 1 aromatic carbocycles. The first-order valence-electron chi connectivity index (χ1n) is 5.88. The first-order chi connectivity index (χ1) is 8.69. The Kier molecular flexibility index (Phi) is 2.77. The second kappa shape index (κ2) is 3.94. The van der Waals surface area contributed by atoms with Crippen molar-refractivity contribution in [2.24, 2.45) is 0 Å². The fourth-order valence-corrected chi connectivity index (χ4v) is 2.51. The number of fused-ring (bicyclic) bond motifs is 1. The van der Waals surface area contributed by atoms with Gasteiger partial charge in [0.15, 0.2) is 0 Å². The number of nitrogens with zero attached hydrogens (tertiary/aromatic N) is 1. The number of benzene rings is 1. The Morgan fingerprint density at radius 2 is 1.89 bits per heavy atom. The lowest BCUT2D eigenvalue weighted by atomic mass is 9.92. The maximum absolute atomic E-state index is 11.3. The molecular weight excluding hydrogens is 250 g/mol. The van der Waals surface area contributed by atoms with Gasteiger partial charge >= 0.3 is 5.97 Å². The van der Waals surface area contributed by atoms with Crippen molar-refractivity contribution in [3.8, 4) is 5.75 Å². The van der Waals surface area contributed by atoms with Gasteiger partial charge in [-0.05, 0) is 27.7 Å². The molecule has 2 rings (SSSR count). The van der Waals surface area contributed by atoms with Gasteiger partial charge in [0.05, 0.1) is 4.92 Å². The molecule has 0 saturated carbocycles. The highest BCUT2D eigenvalue weighted by atomic mass is 16.6. The number of aliphatic carboxylic acids is 1. The third kappa shape index (κ3) is 1.75. The molecule has 0 saturated heterocycles. The van der Waals surface area contributed by atoms with Crippen LogP contribution < -0.4 is 4.74 Å². The van der Waals surface area contributed by atoms with E-state index in [1.165, 1.54) is 6.92 Å². The Balaban J connectivity index is 2.70. The molecule has 1 unspecified atom stereocenters. The summed E-state index contributed by atoms with van der Waals surface area (Å²) < 4.78 is 5.56. The van der Waals surface area contributed by atoms with Gasteiger partial charge in [-0.15, -0.1) is 0 Å². The van der Waals surface area contributed by atoms with Crippen LogP contribution in [0.2, 0.25) is 0 Å². The molecule has 102 valence electrons. The van der Waals surface area contributed by atoms with Crippen LogP contribution in [0.25, 0.3) is 0 Å². The molecule has 1 aromatic rings. The average molecular weight is 265 g/mol. The summed E-state index contributed by atoms with van der Waals surface area (Å²) in [5.74, 6) is -0.590. The zero-order valence-corrected chi connectivity index (χ0v) is 11.2. The van der Waals surface area contributed by atoms with E-state index in [-0.39, 0.29) is 12.1 Å². The highest BCUT2D eigenvalue weighted by molar-refractivity contribution is 5.80. The molecule has 0 radical (unpaired) electrons. The monoisotopic (exact) mass is 265 g/mol. The fraction of sp³-hybridized carbons (Fsp3) is 0.462. The van der Waals surface area contributed by atoms with Gasteiger partial charge in [0.2, 0.25) is 5.60 Å². The highest BCUT2D eigenvalue weighted by Crippen LogP contribution is 2.45. The van der Waals surface area contributed by atoms with Gasteiger partial charge in [0, 0.05) is 28.7 Å². The van der Waals surface area contributed by atoms with E-state index >= 15 is 0 Å². The summed E-state index contributed by atoms with van der Waals surface area (Å²) in [6.07, 6.45) is 0.144. The van der Waals surface area contributed by atoms with Crippen LogP contribution in [0.5, 0.6) is 5.75 Å². The van der Waals surface area contributed by atoms with E-state index in [4.69, 9.17) is 4.74 Å². The third-order valence-corrected chi connectivity index (χ3v) is 3.82. The van der Waals surface area contributed by atoms with Crippen LogP contribution >= 0.6 is 0 Å². The Morgan fingerprint density at radius 1 is 1.32 bits per heavy atom. The van der Waals surface area contributed by atoms with Crippen molar-refractivity contribution in [1.29, 1.82) is 0 Å². The first-order valence-corrected chi connectivity index (χ1v) is 5.88. The van der Waals surface area contributed by atoms with Crippen LogP contribution in [0.3, 0.4) is 0 Å². The van der Waals surface area contributed by atoms with Crippen LogP contribution in [0, 0.1) is 30.9 Å². The van der Waals surface area contributed by atoms with Gasteiger partial charge in [-0.1, -0.05) is 0 Å². The predicted molar refractivity (Wildman–Crippen MR) is 67.7 cm³/mol. The molecule has 19 heavy (non-hydrogen) atoms. The minimum atomic E-state index is -1.35. The van der Waals surface area contributed by atoms with E-state index in [0.29, 0.717) is 28.0 Å². The Labute approximate surface area is 110 Å². The number of hydrogen-bond acceptors (Lipinski definition) is 4. The predicted octanol–water partition coefficient (Wildman–Crippen LogP) is 2.30. The molecule has 0 bridgehead atoms. The van der Waals surface area contributed by atoms with Crippen molar-refractivity contribution < 1.29 is 19.6 Å². The number of nitro benzene ring substituents is 1. The van der Waals surface area contributed by atoms with E-state index < -0.39 is 16.5 Å². The molecule has 6 heteroatoms. The van der Waals surface area contributed by atoms with Gasteiger partial charge in [0.1, 0.15) is 5.75 Å². The summed E-state index contributed by atoms with van der Waals surface area (Å²) in [6, 6.07) is 0. The zero-order valence-electron chi connectivity index (χ0n) is 11.2. The van der Waals surface area contributed by atoms with Crippen LogP contribution in [-0.4, -0.2) is 21.6 Å². The van der Waals surface area contributed by atoms with Crippen molar-refractivity contribution in [1.82, 2.24) is 0 Å². The quantitative estimate of drug-likeness (QED) is 0.654. The molecule has 1 aliphatic heterocycles. The summed E-state index contributed by atoms with van der Waals surface area (Å²) >= 11 is 0. The van der Waals surface area contributed by atoms with E-state index in [0.717, 1.165) is 0 Å². The molecular formula is C13H15NO5. The Bertz CT molecular complexity index is 608. The standard InChI is InChI=1S/C13H15NO5/c1-6-7(2)11-9(8(3)10(6)14(17)18)5-13(4,19-11)12(15)16/h5H2,1-4H3,(H,15,16). The number of rotatable bonds is 2. The zero-order chi connectivity index (χ0) is 14.5. The van der Waals surface area contributed by atoms with Crippen LogP contribution in [0.1, 0.15) is 29.2 Å². The minimum absolute atomic E-state index is 0.0505. The second-order valence-corrected chi connectivity index (χ2v) is 5.10. The molecule has 0 aromatic heterocycles. The smallest absolute Gasteiger partial charge is 0.348 e. The summed E-state index contributed by atoms with van der Waals surface area (Å²) in [6.45, 7) is 6.49. The van der Waals surface area contributed by atoms with Crippen molar-refractivity contribution in [3.05, 3.63) is 32.4 Å². The maximum atomic E-state index is 11.3. The normalized spacial score (nSPS) is 20.8. The lowest BCUT2D eigenvalue weighted by molar-refractivity contribution is -0.386. The molecule has 1 heterocycles. The maximum Gasteiger partial charge on any atom is 0.348 e. The Morgan fingerprint density at radius 3 is 2.37 bits per heavy atom. The molecule has 0 aliphatic carbocycles. The number of carboxylic acids is 1. The largest absolute Gasteiger partial charge is 0.478 e. The van der Waals surface area contributed by atoms with Crippen molar-refractivity contribution in [2.75, 3.05) is 0 Å². The summed E-state index contributed by atoms with van der Waals surface area (Å²) in [5, 5.41) is 20.4. The SMILES string of the molecule is Cc1c(C)c([N+](=O)[O-])c(C)c2c1OC(C)(C(=O)O)C2. The van der Waals surface area contributed by atoms with Gasteiger partial charge in [-0.25, -0.2) is 4.79 Å². The van der Waals surface area contributed by atoms with E-state index in [9.17, 15) is 20.0 Å². The molecule has 0 spiro atoms. The molecule has 0 amide bonds. The van der Waals surface area contributed by atoms with Gasteiger partial charge in [-0.3, -0.25) is 10.1 Å². The highest BCUT2D eigenvalue weighted by Gasteiger charge is 2.45. The van der Waals surface area contributed by atoms with Crippen molar-refractivity contribution in [3.63, 3.8) is 0 Å². The van der Waals surface area contributed by atoms with Crippen LogP contribution in [-0.2, 0) is 11.2 Å². The summed E-state index contributed by atoms with van der Waals surface area (Å²) in [5.41, 5.74) is 0.981. The molecule has 1 atom stereocenters. The minimum Gasteiger partial charge on any atom is -0.478 e. The lowest BCUT2D eigenvalue weighted by Crippen LogP contribution is -2.39. The first kappa shape index (κ1) is 13.3. The van der Waals surface area contributed by atoms with Gasteiger partial charge < -0.3 is 9.84 Å².